The van der Waals surface area contributed by atoms with Crippen LogP contribution in [0.1, 0.15) is 33.1 Å². The second kappa shape index (κ2) is 9.67. The van der Waals surface area contributed by atoms with Gasteiger partial charge in [0.2, 0.25) is 5.91 Å². The summed E-state index contributed by atoms with van der Waals surface area (Å²) in [5.41, 5.74) is 0. The normalized spacial score (nSPS) is 11.4. The zero-order valence-corrected chi connectivity index (χ0v) is 10.5. The van der Waals surface area contributed by atoms with Gasteiger partial charge < -0.3 is 10.6 Å². The van der Waals surface area contributed by atoms with Crippen molar-refractivity contribution in [2.75, 3.05) is 13.1 Å². The lowest BCUT2D eigenvalue weighted by atomic mass is 10.2. The van der Waals surface area contributed by atoms with Gasteiger partial charge in [0, 0.05) is 13.0 Å². The zero-order valence-electron chi connectivity index (χ0n) is 10.5. The third kappa shape index (κ3) is 8.29. The first-order chi connectivity index (χ1) is 8.11. The summed E-state index contributed by atoms with van der Waals surface area (Å²) in [6, 6.07) is -0.845. The SMILES string of the molecule is C#CCCCCNC(C)C(=O)NC(=O)NCC. The topological polar surface area (TPSA) is 70.2 Å². The van der Waals surface area contributed by atoms with Gasteiger partial charge in [-0.15, -0.1) is 12.3 Å². The van der Waals surface area contributed by atoms with Crippen molar-refractivity contribution < 1.29 is 9.59 Å². The molecule has 0 saturated carbocycles. The van der Waals surface area contributed by atoms with Crippen molar-refractivity contribution in [2.45, 2.75) is 39.2 Å². The number of hydrogen-bond acceptors (Lipinski definition) is 3. The molecule has 3 amide bonds. The van der Waals surface area contributed by atoms with Crippen LogP contribution in [0.3, 0.4) is 0 Å². The third-order valence-corrected chi connectivity index (χ3v) is 2.17. The minimum atomic E-state index is -0.460. The van der Waals surface area contributed by atoms with E-state index < -0.39 is 6.03 Å². The van der Waals surface area contributed by atoms with Gasteiger partial charge in [0.25, 0.3) is 0 Å². The molecule has 0 fully saturated rings. The van der Waals surface area contributed by atoms with Crippen LogP contribution in [0.15, 0.2) is 0 Å². The summed E-state index contributed by atoms with van der Waals surface area (Å²) in [4.78, 5) is 22.6. The molecule has 3 N–H and O–H groups in total. The van der Waals surface area contributed by atoms with E-state index in [9.17, 15) is 9.59 Å². The number of urea groups is 1. The highest BCUT2D eigenvalue weighted by Gasteiger charge is 2.13. The highest BCUT2D eigenvalue weighted by atomic mass is 16.2. The van der Waals surface area contributed by atoms with Crippen LogP contribution in [0.2, 0.25) is 0 Å². The lowest BCUT2D eigenvalue weighted by molar-refractivity contribution is -0.121. The molecule has 0 aliphatic heterocycles. The van der Waals surface area contributed by atoms with Gasteiger partial charge >= 0.3 is 6.03 Å². The van der Waals surface area contributed by atoms with Crippen LogP contribution in [-0.2, 0) is 4.79 Å². The first kappa shape index (κ1) is 15.5. The number of nitrogens with one attached hydrogen (secondary N) is 3. The fourth-order valence-corrected chi connectivity index (χ4v) is 1.19. The van der Waals surface area contributed by atoms with Crippen molar-refractivity contribution in [3.05, 3.63) is 0 Å². The molecule has 0 aromatic carbocycles. The van der Waals surface area contributed by atoms with Crippen molar-refractivity contribution in [1.82, 2.24) is 16.0 Å². The molecule has 0 bridgehead atoms. The van der Waals surface area contributed by atoms with E-state index >= 15 is 0 Å². The Labute approximate surface area is 103 Å². The molecule has 1 unspecified atom stereocenters. The quantitative estimate of drug-likeness (QED) is 0.450. The van der Waals surface area contributed by atoms with E-state index in [4.69, 9.17) is 6.42 Å². The van der Waals surface area contributed by atoms with Crippen molar-refractivity contribution in [3.63, 3.8) is 0 Å². The Bertz CT molecular complexity index is 284. The average molecular weight is 239 g/mol. The molecule has 5 heteroatoms. The van der Waals surface area contributed by atoms with Crippen LogP contribution in [-0.4, -0.2) is 31.1 Å². The summed E-state index contributed by atoms with van der Waals surface area (Å²) < 4.78 is 0. The van der Waals surface area contributed by atoms with Crippen LogP contribution in [0.4, 0.5) is 4.79 Å². The van der Waals surface area contributed by atoms with E-state index in [1.165, 1.54) is 0 Å². The van der Waals surface area contributed by atoms with E-state index in [1.807, 2.05) is 0 Å². The molecule has 96 valence electrons. The number of carbonyl (C=O) groups is 2. The molecule has 17 heavy (non-hydrogen) atoms. The number of imide groups is 1. The first-order valence-electron chi connectivity index (χ1n) is 5.87. The van der Waals surface area contributed by atoms with E-state index in [2.05, 4.69) is 21.9 Å². The van der Waals surface area contributed by atoms with Gasteiger partial charge in [-0.1, -0.05) is 0 Å². The van der Waals surface area contributed by atoms with E-state index in [0.29, 0.717) is 13.1 Å². The van der Waals surface area contributed by atoms with Crippen LogP contribution in [0.5, 0.6) is 0 Å². The molecule has 0 rings (SSSR count). The number of unbranched alkanes of at least 4 members (excludes halogenated alkanes) is 2. The van der Waals surface area contributed by atoms with Crippen LogP contribution in [0, 0.1) is 12.3 Å². The Morgan fingerprint density at radius 2 is 2.06 bits per heavy atom. The van der Waals surface area contributed by atoms with Crippen molar-refractivity contribution in [2.24, 2.45) is 0 Å². The third-order valence-electron chi connectivity index (χ3n) is 2.17. The molecule has 0 aliphatic carbocycles. The molecular formula is C12H21N3O2. The monoisotopic (exact) mass is 239 g/mol. The number of hydrogen-bond donors (Lipinski definition) is 3. The maximum Gasteiger partial charge on any atom is 0.321 e. The van der Waals surface area contributed by atoms with Crippen LogP contribution < -0.4 is 16.0 Å². The molecule has 1 atom stereocenters. The highest BCUT2D eigenvalue weighted by molar-refractivity contribution is 5.96. The summed E-state index contributed by atoms with van der Waals surface area (Å²) in [5, 5.41) is 7.77. The molecule has 0 radical (unpaired) electrons. The Morgan fingerprint density at radius 1 is 1.35 bits per heavy atom. The van der Waals surface area contributed by atoms with Crippen molar-refractivity contribution in [3.8, 4) is 12.3 Å². The van der Waals surface area contributed by atoms with Crippen molar-refractivity contribution in [1.29, 1.82) is 0 Å². The van der Waals surface area contributed by atoms with E-state index in [-0.39, 0.29) is 11.9 Å². The first-order valence-corrected chi connectivity index (χ1v) is 5.87. The Balaban J connectivity index is 3.68. The van der Waals surface area contributed by atoms with Gasteiger partial charge in [0.05, 0.1) is 6.04 Å². The highest BCUT2D eigenvalue weighted by Crippen LogP contribution is 1.92. The molecule has 0 aromatic rings. The lowest BCUT2D eigenvalue weighted by Crippen LogP contribution is -2.48. The Hall–Kier alpha value is -1.54. The van der Waals surface area contributed by atoms with E-state index in [1.54, 1.807) is 13.8 Å². The summed E-state index contributed by atoms with van der Waals surface area (Å²) in [7, 11) is 0. The van der Waals surface area contributed by atoms with Crippen molar-refractivity contribution >= 4 is 11.9 Å². The number of carbonyl (C=O) groups excluding carboxylic acids is 2. The maximum absolute atomic E-state index is 11.5. The lowest BCUT2D eigenvalue weighted by Gasteiger charge is -2.13. The van der Waals surface area contributed by atoms with Gasteiger partial charge in [-0.25, -0.2) is 4.79 Å². The van der Waals surface area contributed by atoms with Crippen LogP contribution in [0.25, 0.3) is 0 Å². The fourth-order valence-electron chi connectivity index (χ4n) is 1.19. The largest absolute Gasteiger partial charge is 0.338 e. The Kier molecular flexibility index (Phi) is 8.79. The van der Waals surface area contributed by atoms with E-state index in [0.717, 1.165) is 19.3 Å². The maximum atomic E-state index is 11.5. The predicted molar refractivity (Wildman–Crippen MR) is 67.4 cm³/mol. The smallest absolute Gasteiger partial charge is 0.321 e. The molecule has 0 aliphatic rings. The standard InChI is InChI=1S/C12H21N3O2/c1-4-6-7-8-9-14-10(3)11(16)15-12(17)13-5-2/h1,10,14H,5-9H2,2-3H3,(H2,13,15,16,17). The van der Waals surface area contributed by atoms with Gasteiger partial charge in [-0.05, 0) is 33.2 Å². The minimum absolute atomic E-state index is 0.326. The summed E-state index contributed by atoms with van der Waals surface area (Å²) in [6.45, 7) is 4.71. The van der Waals surface area contributed by atoms with Gasteiger partial charge in [0.1, 0.15) is 0 Å². The predicted octanol–water partition coefficient (Wildman–Crippen LogP) is 0.614. The summed E-state index contributed by atoms with van der Waals surface area (Å²) in [6.07, 6.45) is 7.73. The van der Waals surface area contributed by atoms with Gasteiger partial charge in [-0.3, -0.25) is 10.1 Å². The molecule has 0 spiro atoms. The zero-order chi connectivity index (χ0) is 13.1. The molecular weight excluding hydrogens is 218 g/mol. The second-order valence-electron chi connectivity index (χ2n) is 3.69. The number of amides is 3. The van der Waals surface area contributed by atoms with Gasteiger partial charge in [0.15, 0.2) is 0 Å². The Morgan fingerprint density at radius 3 is 2.65 bits per heavy atom. The molecule has 5 nitrogen and oxygen atoms in total. The average Bonchev–Trinajstić information content (AvgIpc) is 2.28. The molecule has 0 saturated heterocycles. The summed E-state index contributed by atoms with van der Waals surface area (Å²) in [5.74, 6) is 2.23. The summed E-state index contributed by atoms with van der Waals surface area (Å²) >= 11 is 0. The second-order valence-corrected chi connectivity index (χ2v) is 3.69. The van der Waals surface area contributed by atoms with Gasteiger partial charge in [-0.2, -0.15) is 0 Å². The molecule has 0 aromatic heterocycles. The number of rotatable bonds is 7. The van der Waals surface area contributed by atoms with Crippen LogP contribution >= 0.6 is 0 Å². The number of terminal acetylenes is 1. The molecule has 0 heterocycles. The fraction of sp³-hybridized carbons (Fsp3) is 0.667. The minimum Gasteiger partial charge on any atom is -0.338 e.